The predicted molar refractivity (Wildman–Crippen MR) is 144 cm³/mol. The molecule has 38 heavy (non-hydrogen) atoms. The van der Waals surface area contributed by atoms with Crippen molar-refractivity contribution in [2.24, 2.45) is 0 Å². The highest BCUT2D eigenvalue weighted by Crippen LogP contribution is 2.24. The fourth-order valence-corrected chi connectivity index (χ4v) is 3.66. The third-order valence-electron chi connectivity index (χ3n) is 5.80. The Morgan fingerprint density at radius 1 is 1.26 bits per heavy atom. The summed E-state index contributed by atoms with van der Waals surface area (Å²) in [6.45, 7) is 9.19. The molecule has 2 N–H and O–H groups in total. The van der Waals surface area contributed by atoms with Gasteiger partial charge in [0.15, 0.2) is 0 Å². The number of carbonyl (C=O) groups excluding carboxylic acids is 2. The van der Waals surface area contributed by atoms with Gasteiger partial charge in [-0.2, -0.15) is 9.37 Å². The molecule has 0 unspecified atom stereocenters. The van der Waals surface area contributed by atoms with E-state index in [1.54, 1.807) is 47.0 Å². The lowest BCUT2D eigenvalue weighted by Gasteiger charge is -2.28. The molecule has 3 rings (SSSR count). The normalized spacial score (nSPS) is 13.8. The second-order valence-corrected chi connectivity index (χ2v) is 10.1. The minimum absolute atomic E-state index is 0.256. The summed E-state index contributed by atoms with van der Waals surface area (Å²) >= 11 is 0. The number of amides is 2. The van der Waals surface area contributed by atoms with Crippen LogP contribution in [0.2, 0.25) is 0 Å². The molecule has 1 saturated heterocycles. The molecule has 3 heterocycles. The smallest absolute Gasteiger partial charge is 0.410 e. The summed E-state index contributed by atoms with van der Waals surface area (Å²) in [4.78, 5) is 40.6. The lowest BCUT2D eigenvalue weighted by atomic mass is 10.2. The Labute approximate surface area is 223 Å². The molecule has 0 aromatic carbocycles. The number of nitrogens with one attached hydrogen (secondary N) is 2. The van der Waals surface area contributed by atoms with E-state index in [1.165, 1.54) is 17.2 Å². The predicted octanol–water partition coefficient (Wildman–Crippen LogP) is 3.86. The molecular weight excluding hydrogens is 489 g/mol. The molecule has 1 aliphatic rings. The van der Waals surface area contributed by atoms with Crippen molar-refractivity contribution in [2.75, 3.05) is 36.9 Å². The molecule has 204 valence electrons. The Bertz CT molecular complexity index is 1180. The summed E-state index contributed by atoms with van der Waals surface area (Å²) in [7, 11) is 1.54. The van der Waals surface area contributed by atoms with Crippen LogP contribution in [0.1, 0.15) is 58.9 Å². The number of ether oxygens (including phenoxy) is 1. The van der Waals surface area contributed by atoms with Crippen LogP contribution in [0.15, 0.2) is 24.5 Å². The van der Waals surface area contributed by atoms with E-state index in [-0.39, 0.29) is 5.91 Å². The number of anilines is 3. The highest BCUT2D eigenvalue weighted by Gasteiger charge is 2.26. The first kappa shape index (κ1) is 28.6. The molecule has 0 radical (unpaired) electrons. The third kappa shape index (κ3) is 8.57. The van der Waals surface area contributed by atoms with Gasteiger partial charge in [0.2, 0.25) is 17.8 Å². The number of rotatable bonds is 8. The number of aromatic nitrogens is 3. The number of halogens is 1. The first-order valence-electron chi connectivity index (χ1n) is 12.8. The second-order valence-electron chi connectivity index (χ2n) is 10.1. The van der Waals surface area contributed by atoms with E-state index >= 15 is 0 Å². The summed E-state index contributed by atoms with van der Waals surface area (Å²) in [5, 5.41) is 5.86. The maximum Gasteiger partial charge on any atom is 0.410 e. The Kier molecular flexibility index (Phi) is 9.82. The zero-order valence-electron chi connectivity index (χ0n) is 22.7. The minimum Gasteiger partial charge on any atom is -0.444 e. The van der Waals surface area contributed by atoms with E-state index in [4.69, 9.17) is 4.74 Å². The van der Waals surface area contributed by atoms with Crippen molar-refractivity contribution in [3.63, 3.8) is 0 Å². The number of carbonyl (C=O) groups is 2. The summed E-state index contributed by atoms with van der Waals surface area (Å²) in [5.74, 6) is 6.56. The molecule has 0 spiro atoms. The number of likely N-dealkylation sites (N-methyl/N-ethyl adjacent to an activating group) is 1. The van der Waals surface area contributed by atoms with Crippen LogP contribution >= 0.6 is 0 Å². The van der Waals surface area contributed by atoms with Crippen LogP contribution in [-0.2, 0) is 9.53 Å². The Morgan fingerprint density at radius 2 is 2.00 bits per heavy atom. The van der Waals surface area contributed by atoms with Gasteiger partial charge in [0.1, 0.15) is 17.5 Å². The summed E-state index contributed by atoms with van der Waals surface area (Å²) in [5.41, 5.74) is 0.600. The van der Waals surface area contributed by atoms with Crippen LogP contribution in [-0.4, -0.2) is 70.2 Å². The molecule has 1 atom stereocenters. The fraction of sp³-hybridized carbons (Fsp3) is 0.519. The highest BCUT2D eigenvalue weighted by molar-refractivity contribution is 5.85. The van der Waals surface area contributed by atoms with E-state index in [1.807, 2.05) is 0 Å². The molecule has 1 fully saturated rings. The van der Waals surface area contributed by atoms with E-state index in [2.05, 4.69) is 42.3 Å². The molecular formula is C27H36FN7O3. The van der Waals surface area contributed by atoms with Crippen LogP contribution in [0.3, 0.4) is 0 Å². The molecule has 2 aromatic rings. The second kappa shape index (κ2) is 13.0. The average molecular weight is 526 g/mol. The van der Waals surface area contributed by atoms with Gasteiger partial charge in [-0.3, -0.25) is 9.69 Å². The van der Waals surface area contributed by atoms with Crippen molar-refractivity contribution in [2.45, 2.75) is 65.0 Å². The largest absolute Gasteiger partial charge is 0.444 e. The van der Waals surface area contributed by atoms with Crippen LogP contribution in [0.25, 0.3) is 0 Å². The van der Waals surface area contributed by atoms with Crippen molar-refractivity contribution in [3.05, 3.63) is 36.0 Å². The van der Waals surface area contributed by atoms with E-state index in [0.717, 1.165) is 37.3 Å². The zero-order chi connectivity index (χ0) is 27.7. The van der Waals surface area contributed by atoms with Gasteiger partial charge in [-0.1, -0.05) is 11.8 Å². The standard InChI is InChI=1S/C27H36FN7O3/c1-19(34(5)26(37)38-27(2,3)4)24(36)30-13-8-6-7-11-20-18-31-25(32-21-12-14-29-22(28)17-21)33-23(20)35-15-9-10-16-35/h12,14,17-19H,6,8-10,13,15-16H2,1-5H3,(H,30,36)(H,29,31,32,33)/t19-/m0/s1. The molecule has 2 aromatic heterocycles. The number of hydrogen-bond acceptors (Lipinski definition) is 8. The minimum atomic E-state index is -0.660. The lowest BCUT2D eigenvalue weighted by molar-refractivity contribution is -0.125. The summed E-state index contributed by atoms with van der Waals surface area (Å²) in [6, 6.07) is 2.26. The van der Waals surface area contributed by atoms with Crippen molar-refractivity contribution in [3.8, 4) is 11.8 Å². The quantitative estimate of drug-likeness (QED) is 0.304. The fourth-order valence-electron chi connectivity index (χ4n) is 3.66. The Balaban J connectivity index is 1.54. The van der Waals surface area contributed by atoms with Crippen LogP contribution in [0.4, 0.5) is 26.6 Å². The first-order chi connectivity index (χ1) is 18.0. The van der Waals surface area contributed by atoms with Gasteiger partial charge >= 0.3 is 6.09 Å². The number of unbranched alkanes of at least 4 members (excludes halogenated alkanes) is 1. The van der Waals surface area contributed by atoms with E-state index in [0.29, 0.717) is 31.0 Å². The molecule has 0 aliphatic carbocycles. The van der Waals surface area contributed by atoms with Crippen molar-refractivity contribution >= 4 is 29.5 Å². The van der Waals surface area contributed by atoms with Gasteiger partial charge in [0.25, 0.3) is 0 Å². The molecule has 1 aliphatic heterocycles. The molecule has 2 amide bonds. The van der Waals surface area contributed by atoms with Crippen LogP contribution in [0, 0.1) is 17.8 Å². The van der Waals surface area contributed by atoms with Crippen LogP contribution < -0.4 is 15.5 Å². The number of hydrogen-bond donors (Lipinski definition) is 2. The maximum atomic E-state index is 13.4. The number of nitrogens with zero attached hydrogens (tertiary/aromatic N) is 5. The lowest BCUT2D eigenvalue weighted by Crippen LogP contribution is -2.47. The summed E-state index contributed by atoms with van der Waals surface area (Å²) < 4.78 is 18.7. The first-order valence-corrected chi connectivity index (χ1v) is 12.8. The van der Waals surface area contributed by atoms with E-state index in [9.17, 15) is 14.0 Å². The van der Waals surface area contributed by atoms with Gasteiger partial charge in [0, 0.05) is 51.1 Å². The average Bonchev–Trinajstić information content (AvgIpc) is 3.39. The molecule has 0 bridgehead atoms. The third-order valence-corrected chi connectivity index (χ3v) is 5.80. The molecule has 0 saturated carbocycles. The SMILES string of the molecule is C[C@@H](C(=O)NCCCC#Cc1cnc(Nc2ccnc(F)c2)nc1N1CCCC1)N(C)C(=O)OC(C)(C)C. The van der Waals surface area contributed by atoms with Gasteiger partial charge < -0.3 is 20.3 Å². The number of pyridine rings is 1. The Hall–Kier alpha value is -3.94. The zero-order valence-corrected chi connectivity index (χ0v) is 22.7. The van der Waals surface area contributed by atoms with Gasteiger partial charge in [-0.05, 0) is 53.0 Å². The van der Waals surface area contributed by atoms with Crippen molar-refractivity contribution in [1.29, 1.82) is 0 Å². The van der Waals surface area contributed by atoms with Crippen molar-refractivity contribution in [1.82, 2.24) is 25.2 Å². The van der Waals surface area contributed by atoms with Gasteiger partial charge in [-0.25, -0.2) is 14.8 Å². The van der Waals surface area contributed by atoms with Crippen LogP contribution in [0.5, 0.6) is 0 Å². The summed E-state index contributed by atoms with van der Waals surface area (Å²) in [6.07, 6.45) is 5.87. The maximum absolute atomic E-state index is 13.4. The van der Waals surface area contributed by atoms with Gasteiger partial charge in [0.05, 0.1) is 11.8 Å². The van der Waals surface area contributed by atoms with Crippen molar-refractivity contribution < 1.29 is 18.7 Å². The Morgan fingerprint density at radius 3 is 2.68 bits per heavy atom. The molecule has 10 nitrogen and oxygen atoms in total. The van der Waals surface area contributed by atoms with E-state index < -0.39 is 23.7 Å². The van der Waals surface area contributed by atoms with Gasteiger partial charge in [-0.15, -0.1) is 0 Å². The topological polar surface area (TPSA) is 113 Å². The monoisotopic (exact) mass is 525 g/mol. The molecule has 11 heteroatoms. The highest BCUT2D eigenvalue weighted by atomic mass is 19.1.